The fraction of sp³-hybridized carbons (Fsp3) is 0.0244. The molecule has 1 heterocycles. The van der Waals surface area contributed by atoms with Gasteiger partial charge in [-0.1, -0.05) is 103 Å². The molecule has 0 bridgehead atoms. The van der Waals surface area contributed by atoms with Crippen molar-refractivity contribution in [1.82, 2.24) is 0 Å². The average Bonchev–Trinajstić information content (AvgIpc) is 3.58. The second kappa shape index (κ2) is 9.63. The van der Waals surface area contributed by atoms with E-state index in [-0.39, 0.29) is 5.82 Å². The van der Waals surface area contributed by atoms with Gasteiger partial charge in [0.1, 0.15) is 5.82 Å². The van der Waals surface area contributed by atoms with Crippen LogP contribution in [-0.4, -0.2) is 0 Å². The molecule has 0 saturated heterocycles. The summed E-state index contributed by atoms with van der Waals surface area (Å²) in [5.74, 6) is -0.198. The van der Waals surface area contributed by atoms with Gasteiger partial charge >= 0.3 is 0 Å². The van der Waals surface area contributed by atoms with E-state index < -0.39 is 5.41 Å². The topological polar surface area (TPSA) is 12.0 Å². The molecule has 0 saturated carbocycles. The molecule has 208 valence electrons. The van der Waals surface area contributed by atoms with Gasteiger partial charge in [0.2, 0.25) is 0 Å². The van der Waals surface area contributed by atoms with E-state index in [9.17, 15) is 4.39 Å². The molecule has 3 heteroatoms. The minimum atomic E-state index is -0.445. The van der Waals surface area contributed by atoms with Crippen molar-refractivity contribution < 1.29 is 4.39 Å². The van der Waals surface area contributed by atoms with Gasteiger partial charge in [-0.15, -0.1) is 11.3 Å². The second-order valence-electron chi connectivity index (χ2n) is 11.5. The summed E-state index contributed by atoms with van der Waals surface area (Å²) in [5, 5.41) is 8.39. The predicted molar refractivity (Wildman–Crippen MR) is 184 cm³/mol. The van der Waals surface area contributed by atoms with Gasteiger partial charge in [0.05, 0.1) is 5.41 Å². The standard InChI is InChI=1S/C41H26FNS/c42-29-17-21-33-35-25-31(20-23-38(35)44-39(33)24-29)43-30-18-15-28(16-19-30)41(27-9-2-1-3-10-27)36-13-7-6-12-34(36)40-32-11-5-4-8-26(32)14-22-37(40)41/h1-25,43H. The molecule has 8 aromatic rings. The van der Waals surface area contributed by atoms with Gasteiger partial charge in [-0.05, 0) is 92.7 Å². The normalized spacial score (nSPS) is 15.5. The largest absolute Gasteiger partial charge is 0.356 e. The minimum Gasteiger partial charge on any atom is -0.356 e. The first-order valence-electron chi connectivity index (χ1n) is 14.9. The summed E-state index contributed by atoms with van der Waals surface area (Å²) in [4.78, 5) is 0. The maximum Gasteiger partial charge on any atom is 0.124 e. The zero-order valence-corrected chi connectivity index (χ0v) is 24.5. The Hall–Kier alpha value is -5.25. The monoisotopic (exact) mass is 583 g/mol. The number of fused-ring (bicyclic) bond motifs is 8. The second-order valence-corrected chi connectivity index (χ2v) is 12.6. The fourth-order valence-electron chi connectivity index (χ4n) is 7.32. The van der Waals surface area contributed by atoms with Gasteiger partial charge in [-0.3, -0.25) is 0 Å². The van der Waals surface area contributed by atoms with Crippen molar-refractivity contribution in [2.75, 3.05) is 5.32 Å². The molecule has 0 aliphatic heterocycles. The summed E-state index contributed by atoms with van der Waals surface area (Å²) in [5.41, 5.74) is 9.31. The Morgan fingerprint density at radius 2 is 1.25 bits per heavy atom. The van der Waals surface area contributed by atoms with Crippen molar-refractivity contribution in [2.45, 2.75) is 5.41 Å². The van der Waals surface area contributed by atoms with Crippen molar-refractivity contribution >= 4 is 53.7 Å². The van der Waals surface area contributed by atoms with Crippen LogP contribution in [0.5, 0.6) is 0 Å². The number of thiophene rings is 1. The first kappa shape index (κ1) is 25.3. The molecular weight excluding hydrogens is 558 g/mol. The van der Waals surface area contributed by atoms with Crippen LogP contribution in [0.3, 0.4) is 0 Å². The van der Waals surface area contributed by atoms with Gasteiger partial charge < -0.3 is 5.32 Å². The van der Waals surface area contributed by atoms with Crippen molar-refractivity contribution in [3.63, 3.8) is 0 Å². The molecule has 9 rings (SSSR count). The van der Waals surface area contributed by atoms with E-state index in [1.807, 2.05) is 6.07 Å². The summed E-state index contributed by atoms with van der Waals surface area (Å²) >= 11 is 1.63. The molecule has 0 amide bonds. The molecule has 1 unspecified atom stereocenters. The number of anilines is 2. The van der Waals surface area contributed by atoms with Gasteiger partial charge in [-0.2, -0.15) is 0 Å². The zero-order chi connectivity index (χ0) is 29.3. The van der Waals surface area contributed by atoms with Crippen molar-refractivity contribution in [3.8, 4) is 11.1 Å². The molecule has 0 radical (unpaired) electrons. The predicted octanol–water partition coefficient (Wildman–Crippen LogP) is 11.5. The van der Waals surface area contributed by atoms with Crippen LogP contribution in [0.25, 0.3) is 42.1 Å². The third-order valence-electron chi connectivity index (χ3n) is 9.18. The molecular formula is C41H26FNS. The Bertz CT molecular complexity index is 2370. The fourth-order valence-corrected chi connectivity index (χ4v) is 8.43. The van der Waals surface area contributed by atoms with E-state index in [0.29, 0.717) is 0 Å². The number of hydrogen-bond acceptors (Lipinski definition) is 2. The van der Waals surface area contributed by atoms with Gasteiger partial charge in [0, 0.05) is 31.5 Å². The van der Waals surface area contributed by atoms with E-state index in [4.69, 9.17) is 0 Å². The van der Waals surface area contributed by atoms with Gasteiger partial charge in [0.15, 0.2) is 0 Å². The Morgan fingerprint density at radius 3 is 2.14 bits per heavy atom. The highest BCUT2D eigenvalue weighted by Gasteiger charge is 2.46. The quantitative estimate of drug-likeness (QED) is 0.217. The van der Waals surface area contributed by atoms with Crippen molar-refractivity contribution in [1.29, 1.82) is 0 Å². The maximum atomic E-state index is 13.8. The summed E-state index contributed by atoms with van der Waals surface area (Å²) in [6.07, 6.45) is 0. The molecule has 1 N–H and O–H groups in total. The number of halogens is 1. The lowest BCUT2D eigenvalue weighted by molar-refractivity contribution is 0.630. The lowest BCUT2D eigenvalue weighted by atomic mass is 9.67. The van der Waals surface area contributed by atoms with E-state index >= 15 is 0 Å². The van der Waals surface area contributed by atoms with Crippen molar-refractivity contribution in [3.05, 3.63) is 180 Å². The number of nitrogens with one attached hydrogen (secondary N) is 1. The summed E-state index contributed by atoms with van der Waals surface area (Å²) in [6, 6.07) is 53.5. The van der Waals surface area contributed by atoms with Crippen LogP contribution in [0, 0.1) is 5.82 Å². The minimum absolute atomic E-state index is 0.198. The highest BCUT2D eigenvalue weighted by Crippen LogP contribution is 2.57. The smallest absolute Gasteiger partial charge is 0.124 e. The first-order valence-corrected chi connectivity index (χ1v) is 15.7. The lowest BCUT2D eigenvalue weighted by Crippen LogP contribution is -2.28. The van der Waals surface area contributed by atoms with Crippen LogP contribution < -0.4 is 5.32 Å². The van der Waals surface area contributed by atoms with Crippen LogP contribution in [0.4, 0.5) is 15.8 Å². The first-order chi connectivity index (χ1) is 21.7. The molecule has 1 nitrogen and oxygen atoms in total. The van der Waals surface area contributed by atoms with Crippen LogP contribution in [0.2, 0.25) is 0 Å². The Labute approximate surface area is 258 Å². The van der Waals surface area contributed by atoms with E-state index in [2.05, 4.69) is 139 Å². The van der Waals surface area contributed by atoms with E-state index in [0.717, 1.165) is 31.5 Å². The van der Waals surface area contributed by atoms with Crippen LogP contribution in [0.15, 0.2) is 152 Å². The summed E-state index contributed by atoms with van der Waals surface area (Å²) < 4.78 is 16.0. The molecule has 1 atom stereocenters. The van der Waals surface area contributed by atoms with Crippen LogP contribution in [-0.2, 0) is 5.41 Å². The Morgan fingerprint density at radius 1 is 0.500 bits per heavy atom. The highest BCUT2D eigenvalue weighted by molar-refractivity contribution is 7.25. The highest BCUT2D eigenvalue weighted by atomic mass is 32.1. The third-order valence-corrected chi connectivity index (χ3v) is 10.3. The SMILES string of the molecule is Fc1ccc2c(c1)sc1ccc(Nc3ccc(C4(c5ccccc5)c5ccccc5-c5c4ccc4ccccc54)cc3)cc12. The third kappa shape index (κ3) is 3.63. The molecule has 0 fully saturated rings. The number of rotatable bonds is 4. The van der Waals surface area contributed by atoms with Gasteiger partial charge in [0.25, 0.3) is 0 Å². The van der Waals surface area contributed by atoms with Gasteiger partial charge in [-0.25, -0.2) is 4.39 Å². The molecule has 1 aliphatic rings. The molecule has 7 aromatic carbocycles. The number of hydrogen-bond donors (Lipinski definition) is 1. The summed E-state index contributed by atoms with van der Waals surface area (Å²) in [6.45, 7) is 0. The van der Waals surface area contributed by atoms with E-state index in [1.54, 1.807) is 17.4 Å². The Kier molecular flexibility index (Phi) is 5.53. The van der Waals surface area contributed by atoms with Crippen LogP contribution in [0.1, 0.15) is 22.3 Å². The molecule has 44 heavy (non-hydrogen) atoms. The maximum absolute atomic E-state index is 13.8. The molecule has 1 aliphatic carbocycles. The zero-order valence-electron chi connectivity index (χ0n) is 23.7. The average molecular weight is 584 g/mol. The number of benzene rings is 7. The van der Waals surface area contributed by atoms with E-state index in [1.165, 1.54) is 50.2 Å². The summed E-state index contributed by atoms with van der Waals surface area (Å²) in [7, 11) is 0. The van der Waals surface area contributed by atoms with Crippen LogP contribution >= 0.6 is 11.3 Å². The molecule has 1 aromatic heterocycles. The lowest BCUT2D eigenvalue weighted by Gasteiger charge is -2.34. The van der Waals surface area contributed by atoms with Crippen molar-refractivity contribution in [2.24, 2.45) is 0 Å². The molecule has 0 spiro atoms. The Balaban J connectivity index is 1.19.